The molecule has 0 radical (unpaired) electrons. The molecule has 0 spiro atoms. The zero-order valence-corrected chi connectivity index (χ0v) is 5.72. The standard InChI is InChI=1S/C6H14O2/c1-5(2)6(7)4-8-3/h5-7H,4H2,1-3H3. The van der Waals surface area contributed by atoms with E-state index < -0.39 is 0 Å². The first-order valence-electron chi connectivity index (χ1n) is 2.85. The van der Waals surface area contributed by atoms with E-state index in [1.807, 2.05) is 13.8 Å². The van der Waals surface area contributed by atoms with Crippen LogP contribution in [-0.4, -0.2) is 24.9 Å². The Bertz CT molecular complexity index is 52.5. The van der Waals surface area contributed by atoms with E-state index in [2.05, 4.69) is 0 Å². The Morgan fingerprint density at radius 3 is 2.12 bits per heavy atom. The summed E-state index contributed by atoms with van der Waals surface area (Å²) < 4.78 is 4.71. The average molecular weight is 118 g/mol. The molecule has 2 nitrogen and oxygen atoms in total. The van der Waals surface area contributed by atoms with Crippen molar-refractivity contribution in [3.8, 4) is 0 Å². The molecule has 50 valence electrons. The number of ether oxygens (including phenoxy) is 1. The highest BCUT2D eigenvalue weighted by molar-refractivity contribution is 4.56. The molecule has 1 N–H and O–H groups in total. The van der Waals surface area contributed by atoms with E-state index in [0.29, 0.717) is 12.5 Å². The summed E-state index contributed by atoms with van der Waals surface area (Å²) in [5.74, 6) is 0.301. The third-order valence-electron chi connectivity index (χ3n) is 1.11. The van der Waals surface area contributed by atoms with Gasteiger partial charge in [-0.15, -0.1) is 0 Å². The Labute approximate surface area is 50.5 Å². The second-order valence-electron chi connectivity index (χ2n) is 2.27. The summed E-state index contributed by atoms with van der Waals surface area (Å²) in [5.41, 5.74) is 0. The molecule has 1 atom stereocenters. The number of hydrogen-bond donors (Lipinski definition) is 1. The Morgan fingerprint density at radius 2 is 2.00 bits per heavy atom. The number of hydrogen-bond acceptors (Lipinski definition) is 2. The molecule has 0 aliphatic carbocycles. The van der Waals surface area contributed by atoms with Crippen LogP contribution in [0.15, 0.2) is 0 Å². The van der Waals surface area contributed by atoms with Crippen LogP contribution in [0.1, 0.15) is 13.8 Å². The van der Waals surface area contributed by atoms with Gasteiger partial charge in [0.05, 0.1) is 12.7 Å². The van der Waals surface area contributed by atoms with Crippen molar-refractivity contribution < 1.29 is 9.84 Å². The van der Waals surface area contributed by atoms with Gasteiger partial charge in [-0.25, -0.2) is 0 Å². The van der Waals surface area contributed by atoms with Gasteiger partial charge in [0.15, 0.2) is 0 Å². The fourth-order valence-electron chi connectivity index (χ4n) is 0.363. The van der Waals surface area contributed by atoms with E-state index in [9.17, 15) is 0 Å². The maximum Gasteiger partial charge on any atom is 0.0796 e. The zero-order valence-electron chi connectivity index (χ0n) is 5.72. The summed E-state index contributed by atoms with van der Waals surface area (Å²) >= 11 is 0. The van der Waals surface area contributed by atoms with Crippen LogP contribution in [0.4, 0.5) is 0 Å². The fourth-order valence-corrected chi connectivity index (χ4v) is 0.363. The topological polar surface area (TPSA) is 29.5 Å². The summed E-state index contributed by atoms with van der Waals surface area (Å²) in [6.07, 6.45) is -0.306. The number of aliphatic hydroxyl groups is 1. The molecule has 2 heteroatoms. The van der Waals surface area contributed by atoms with Gasteiger partial charge in [-0.1, -0.05) is 13.8 Å². The largest absolute Gasteiger partial charge is 0.390 e. The van der Waals surface area contributed by atoms with Gasteiger partial charge in [-0.05, 0) is 5.92 Å². The number of methoxy groups -OCH3 is 1. The summed E-state index contributed by atoms with van der Waals surface area (Å²) in [4.78, 5) is 0. The van der Waals surface area contributed by atoms with Gasteiger partial charge < -0.3 is 9.84 Å². The minimum absolute atomic E-state index is 0.301. The van der Waals surface area contributed by atoms with Crippen molar-refractivity contribution in [3.63, 3.8) is 0 Å². The van der Waals surface area contributed by atoms with Crippen molar-refractivity contribution in [1.82, 2.24) is 0 Å². The molecule has 8 heavy (non-hydrogen) atoms. The predicted octanol–water partition coefficient (Wildman–Crippen LogP) is 0.650. The molecular formula is C6H14O2. The minimum atomic E-state index is -0.306. The maximum atomic E-state index is 9.00. The van der Waals surface area contributed by atoms with Gasteiger partial charge in [0.25, 0.3) is 0 Å². The van der Waals surface area contributed by atoms with Crippen molar-refractivity contribution in [3.05, 3.63) is 0 Å². The van der Waals surface area contributed by atoms with Crippen LogP contribution >= 0.6 is 0 Å². The van der Waals surface area contributed by atoms with Crippen LogP contribution in [0.3, 0.4) is 0 Å². The molecule has 0 bridgehead atoms. The highest BCUT2D eigenvalue weighted by Crippen LogP contribution is 1.99. The van der Waals surface area contributed by atoms with Crippen LogP contribution in [-0.2, 0) is 4.74 Å². The predicted molar refractivity (Wildman–Crippen MR) is 32.7 cm³/mol. The third-order valence-corrected chi connectivity index (χ3v) is 1.11. The Morgan fingerprint density at radius 1 is 1.50 bits per heavy atom. The van der Waals surface area contributed by atoms with E-state index in [4.69, 9.17) is 9.84 Å². The van der Waals surface area contributed by atoms with Crippen molar-refractivity contribution in [2.24, 2.45) is 5.92 Å². The zero-order chi connectivity index (χ0) is 6.57. The van der Waals surface area contributed by atoms with Crippen molar-refractivity contribution in [2.45, 2.75) is 20.0 Å². The molecule has 0 aromatic rings. The molecule has 0 aromatic carbocycles. The molecule has 0 aromatic heterocycles. The molecule has 0 aliphatic heterocycles. The highest BCUT2D eigenvalue weighted by atomic mass is 16.5. The van der Waals surface area contributed by atoms with Gasteiger partial charge in [-0.2, -0.15) is 0 Å². The minimum Gasteiger partial charge on any atom is -0.390 e. The second kappa shape index (κ2) is 3.87. The summed E-state index contributed by atoms with van der Waals surface area (Å²) in [6, 6.07) is 0. The van der Waals surface area contributed by atoms with Gasteiger partial charge in [0.1, 0.15) is 0 Å². The molecule has 0 saturated heterocycles. The summed E-state index contributed by atoms with van der Waals surface area (Å²) in [7, 11) is 1.59. The Hall–Kier alpha value is -0.0800. The molecule has 0 heterocycles. The first kappa shape index (κ1) is 7.92. The van der Waals surface area contributed by atoms with Crippen LogP contribution in [0, 0.1) is 5.92 Å². The van der Waals surface area contributed by atoms with Crippen LogP contribution in [0.5, 0.6) is 0 Å². The Kier molecular flexibility index (Phi) is 3.83. The monoisotopic (exact) mass is 118 g/mol. The van der Waals surface area contributed by atoms with Gasteiger partial charge >= 0.3 is 0 Å². The molecule has 0 saturated carbocycles. The highest BCUT2D eigenvalue weighted by Gasteiger charge is 2.06. The van der Waals surface area contributed by atoms with E-state index in [1.165, 1.54) is 0 Å². The van der Waals surface area contributed by atoms with E-state index in [0.717, 1.165) is 0 Å². The lowest BCUT2D eigenvalue weighted by Crippen LogP contribution is -2.20. The van der Waals surface area contributed by atoms with Crippen LogP contribution in [0.2, 0.25) is 0 Å². The Balaban J connectivity index is 3.17. The molecule has 0 rings (SSSR count). The smallest absolute Gasteiger partial charge is 0.0796 e. The van der Waals surface area contributed by atoms with Gasteiger partial charge in [-0.3, -0.25) is 0 Å². The van der Waals surface area contributed by atoms with E-state index in [-0.39, 0.29) is 6.10 Å². The third kappa shape index (κ3) is 2.99. The molecule has 1 unspecified atom stereocenters. The fraction of sp³-hybridized carbons (Fsp3) is 1.00. The van der Waals surface area contributed by atoms with Crippen molar-refractivity contribution >= 4 is 0 Å². The molecule has 0 amide bonds. The van der Waals surface area contributed by atoms with Crippen molar-refractivity contribution in [1.29, 1.82) is 0 Å². The number of aliphatic hydroxyl groups excluding tert-OH is 1. The van der Waals surface area contributed by atoms with Gasteiger partial charge in [0.2, 0.25) is 0 Å². The average Bonchev–Trinajstić information content (AvgIpc) is 1.67. The summed E-state index contributed by atoms with van der Waals surface area (Å²) in [5, 5.41) is 9.00. The lowest BCUT2D eigenvalue weighted by molar-refractivity contribution is 0.0356. The summed E-state index contributed by atoms with van der Waals surface area (Å²) in [6.45, 7) is 4.37. The van der Waals surface area contributed by atoms with E-state index >= 15 is 0 Å². The maximum absolute atomic E-state index is 9.00. The van der Waals surface area contributed by atoms with Crippen LogP contribution in [0.25, 0.3) is 0 Å². The van der Waals surface area contributed by atoms with Crippen molar-refractivity contribution in [2.75, 3.05) is 13.7 Å². The number of rotatable bonds is 3. The molecule has 0 fully saturated rings. The van der Waals surface area contributed by atoms with E-state index in [1.54, 1.807) is 7.11 Å². The first-order chi connectivity index (χ1) is 3.68. The second-order valence-corrected chi connectivity index (χ2v) is 2.27. The normalized spacial score (nSPS) is 14.6. The molecular weight excluding hydrogens is 104 g/mol. The quantitative estimate of drug-likeness (QED) is 0.589. The molecule has 0 aliphatic rings. The lowest BCUT2D eigenvalue weighted by Gasteiger charge is -2.11. The first-order valence-corrected chi connectivity index (χ1v) is 2.85. The van der Waals surface area contributed by atoms with Crippen LogP contribution < -0.4 is 0 Å². The SMILES string of the molecule is COCC(O)C(C)C. The lowest BCUT2D eigenvalue weighted by atomic mass is 10.1. The van der Waals surface area contributed by atoms with Gasteiger partial charge in [0, 0.05) is 7.11 Å².